The molecule has 1 saturated heterocycles. The van der Waals surface area contributed by atoms with Gasteiger partial charge in [0.15, 0.2) is 0 Å². The maximum atomic E-state index is 12.0. The smallest absolute Gasteiger partial charge is 0.271 e. The first-order chi connectivity index (χ1) is 8.69. The van der Waals surface area contributed by atoms with Crippen molar-refractivity contribution in [2.45, 2.75) is 24.9 Å². The predicted molar refractivity (Wildman–Crippen MR) is 67.3 cm³/mol. The second kappa shape index (κ2) is 5.75. The molecule has 0 aliphatic carbocycles. The Kier molecular flexibility index (Phi) is 4.28. The summed E-state index contributed by atoms with van der Waals surface area (Å²) < 4.78 is 5.24. The zero-order valence-electron chi connectivity index (χ0n) is 10.0. The highest BCUT2D eigenvalue weighted by Gasteiger charge is 2.34. The minimum Gasteiger partial charge on any atom is -0.394 e. The summed E-state index contributed by atoms with van der Waals surface area (Å²) in [6.45, 7) is 1.34. The van der Waals surface area contributed by atoms with E-state index in [1.54, 1.807) is 5.38 Å². The minimum atomic E-state index is -0.582. The summed E-state index contributed by atoms with van der Waals surface area (Å²) in [7, 11) is 0. The molecule has 2 rings (SSSR count). The van der Waals surface area contributed by atoms with Gasteiger partial charge in [-0.1, -0.05) is 0 Å². The van der Waals surface area contributed by atoms with Crippen LogP contribution in [0, 0.1) is 0 Å². The topological polar surface area (TPSA) is 97.5 Å². The standard InChI is InChI=1S/C11H17N3O3S/c12-5-9-13-8(6-18-9)10(16)14-11(7-15)1-3-17-4-2-11/h6,15H,1-5,7,12H2,(H,14,16). The lowest BCUT2D eigenvalue weighted by molar-refractivity contribution is 0.0124. The summed E-state index contributed by atoms with van der Waals surface area (Å²) in [6, 6.07) is 0. The Morgan fingerprint density at radius 1 is 1.61 bits per heavy atom. The van der Waals surface area contributed by atoms with Crippen LogP contribution in [0.3, 0.4) is 0 Å². The van der Waals surface area contributed by atoms with Crippen molar-refractivity contribution in [2.24, 2.45) is 5.73 Å². The first kappa shape index (κ1) is 13.4. The second-order valence-corrected chi connectivity index (χ2v) is 5.28. The molecule has 1 amide bonds. The largest absolute Gasteiger partial charge is 0.394 e. The summed E-state index contributed by atoms with van der Waals surface area (Å²) in [4.78, 5) is 16.2. The van der Waals surface area contributed by atoms with E-state index >= 15 is 0 Å². The molecular formula is C11H17N3O3S. The van der Waals surface area contributed by atoms with Gasteiger partial charge in [0.2, 0.25) is 0 Å². The molecule has 1 aliphatic heterocycles. The van der Waals surface area contributed by atoms with Gasteiger partial charge in [0.05, 0.1) is 12.1 Å². The van der Waals surface area contributed by atoms with E-state index in [-0.39, 0.29) is 12.5 Å². The molecule has 4 N–H and O–H groups in total. The highest BCUT2D eigenvalue weighted by molar-refractivity contribution is 7.09. The van der Waals surface area contributed by atoms with Crippen LogP contribution in [0.25, 0.3) is 0 Å². The van der Waals surface area contributed by atoms with Gasteiger partial charge in [0.25, 0.3) is 5.91 Å². The molecule has 18 heavy (non-hydrogen) atoms. The summed E-state index contributed by atoms with van der Waals surface area (Å²) in [5, 5.41) is 14.8. The molecule has 0 radical (unpaired) electrons. The number of aliphatic hydroxyl groups excluding tert-OH is 1. The average Bonchev–Trinajstić information content (AvgIpc) is 2.88. The zero-order chi connectivity index (χ0) is 13.0. The molecule has 1 fully saturated rings. The molecule has 0 aromatic carbocycles. The van der Waals surface area contributed by atoms with Gasteiger partial charge in [-0.3, -0.25) is 4.79 Å². The second-order valence-electron chi connectivity index (χ2n) is 4.34. The summed E-state index contributed by atoms with van der Waals surface area (Å²) in [5.74, 6) is -0.262. The number of carbonyl (C=O) groups excluding carboxylic acids is 1. The van der Waals surface area contributed by atoms with Crippen LogP contribution in [0.2, 0.25) is 0 Å². The van der Waals surface area contributed by atoms with Crippen molar-refractivity contribution < 1.29 is 14.6 Å². The van der Waals surface area contributed by atoms with Crippen LogP contribution in [0.1, 0.15) is 28.3 Å². The Balaban J connectivity index is 2.04. The number of nitrogens with one attached hydrogen (secondary N) is 1. The molecule has 100 valence electrons. The van der Waals surface area contributed by atoms with E-state index in [4.69, 9.17) is 10.5 Å². The van der Waals surface area contributed by atoms with Crippen molar-refractivity contribution in [1.29, 1.82) is 0 Å². The number of thiazole rings is 1. The Hall–Kier alpha value is -1.02. The maximum Gasteiger partial charge on any atom is 0.271 e. The predicted octanol–water partition coefficient (Wildman–Crippen LogP) is -0.127. The molecule has 1 aromatic heterocycles. The quantitative estimate of drug-likeness (QED) is 0.709. The third-order valence-electron chi connectivity index (χ3n) is 3.09. The lowest BCUT2D eigenvalue weighted by atomic mass is 9.91. The first-order valence-electron chi connectivity index (χ1n) is 5.85. The van der Waals surface area contributed by atoms with Gasteiger partial charge >= 0.3 is 0 Å². The number of aromatic nitrogens is 1. The average molecular weight is 271 g/mol. The lowest BCUT2D eigenvalue weighted by Crippen LogP contribution is -2.54. The Morgan fingerprint density at radius 3 is 2.89 bits per heavy atom. The number of aliphatic hydroxyl groups is 1. The fourth-order valence-corrected chi connectivity index (χ4v) is 2.55. The third-order valence-corrected chi connectivity index (χ3v) is 3.96. The summed E-state index contributed by atoms with van der Waals surface area (Å²) >= 11 is 1.36. The van der Waals surface area contributed by atoms with Gasteiger partial charge in [-0.15, -0.1) is 11.3 Å². The van der Waals surface area contributed by atoms with Crippen molar-refractivity contribution in [3.05, 3.63) is 16.1 Å². The highest BCUT2D eigenvalue weighted by Crippen LogP contribution is 2.21. The van der Waals surface area contributed by atoms with Gasteiger partial charge in [0, 0.05) is 25.1 Å². The molecule has 2 heterocycles. The molecular weight excluding hydrogens is 254 g/mol. The van der Waals surface area contributed by atoms with Crippen LogP contribution >= 0.6 is 11.3 Å². The van der Waals surface area contributed by atoms with Gasteiger partial charge in [-0.25, -0.2) is 4.98 Å². The number of rotatable bonds is 4. The third kappa shape index (κ3) is 2.86. The molecule has 0 saturated carbocycles. The molecule has 6 nitrogen and oxygen atoms in total. The van der Waals surface area contributed by atoms with Crippen LogP contribution in [0.5, 0.6) is 0 Å². The van der Waals surface area contributed by atoms with Crippen molar-refractivity contribution in [3.8, 4) is 0 Å². The van der Waals surface area contributed by atoms with Gasteiger partial charge in [0.1, 0.15) is 10.7 Å². The Bertz CT molecular complexity index is 415. The molecule has 1 aliphatic rings. The van der Waals surface area contributed by atoms with Gasteiger partial charge in [-0.05, 0) is 12.8 Å². The molecule has 1 aromatic rings. The van der Waals surface area contributed by atoms with Crippen LogP contribution < -0.4 is 11.1 Å². The normalized spacial score (nSPS) is 18.6. The van der Waals surface area contributed by atoms with Gasteiger partial charge < -0.3 is 20.9 Å². The number of nitrogens with two attached hydrogens (primary N) is 1. The van der Waals surface area contributed by atoms with Crippen molar-refractivity contribution in [3.63, 3.8) is 0 Å². The van der Waals surface area contributed by atoms with E-state index in [2.05, 4.69) is 10.3 Å². The van der Waals surface area contributed by atoms with Gasteiger partial charge in [-0.2, -0.15) is 0 Å². The zero-order valence-corrected chi connectivity index (χ0v) is 10.8. The number of hydrogen-bond donors (Lipinski definition) is 3. The Morgan fingerprint density at radius 2 is 2.33 bits per heavy atom. The first-order valence-corrected chi connectivity index (χ1v) is 6.73. The van der Waals surface area contributed by atoms with Crippen molar-refractivity contribution in [2.75, 3.05) is 19.8 Å². The fraction of sp³-hybridized carbons (Fsp3) is 0.636. The van der Waals surface area contributed by atoms with E-state index in [0.29, 0.717) is 38.3 Å². The number of hydrogen-bond acceptors (Lipinski definition) is 6. The van der Waals surface area contributed by atoms with E-state index in [9.17, 15) is 9.90 Å². The fourth-order valence-electron chi connectivity index (χ4n) is 1.90. The molecule has 7 heteroatoms. The van der Waals surface area contributed by atoms with Crippen LogP contribution in [0.15, 0.2) is 5.38 Å². The summed E-state index contributed by atoms with van der Waals surface area (Å²) in [5.41, 5.74) is 5.24. The molecule has 0 bridgehead atoms. The van der Waals surface area contributed by atoms with E-state index in [1.165, 1.54) is 11.3 Å². The van der Waals surface area contributed by atoms with Crippen LogP contribution in [0.4, 0.5) is 0 Å². The van der Waals surface area contributed by atoms with Crippen molar-refractivity contribution in [1.82, 2.24) is 10.3 Å². The lowest BCUT2D eigenvalue weighted by Gasteiger charge is -2.36. The van der Waals surface area contributed by atoms with Crippen molar-refractivity contribution >= 4 is 17.2 Å². The van der Waals surface area contributed by atoms with E-state index < -0.39 is 5.54 Å². The number of ether oxygens (including phenoxy) is 1. The number of nitrogens with zero attached hydrogens (tertiary/aromatic N) is 1. The minimum absolute atomic E-state index is 0.0873. The number of carbonyl (C=O) groups is 1. The summed E-state index contributed by atoms with van der Waals surface area (Å²) in [6.07, 6.45) is 1.23. The van der Waals surface area contributed by atoms with Crippen LogP contribution in [-0.4, -0.2) is 41.4 Å². The molecule has 0 atom stereocenters. The van der Waals surface area contributed by atoms with Crippen LogP contribution in [-0.2, 0) is 11.3 Å². The molecule has 0 unspecified atom stereocenters. The monoisotopic (exact) mass is 271 g/mol. The highest BCUT2D eigenvalue weighted by atomic mass is 32.1. The SMILES string of the molecule is NCc1nc(C(=O)NC2(CO)CCOCC2)cs1. The molecule has 0 spiro atoms. The maximum absolute atomic E-state index is 12.0. The Labute approximate surface area is 109 Å². The van der Waals surface area contributed by atoms with E-state index in [1.807, 2.05) is 0 Å². The van der Waals surface area contributed by atoms with E-state index in [0.717, 1.165) is 5.01 Å². The number of amides is 1.